The number of rotatable bonds is 4. The van der Waals surface area contributed by atoms with E-state index in [0.717, 1.165) is 33.1 Å². The van der Waals surface area contributed by atoms with Crippen LogP contribution >= 0.6 is 27.3 Å². The monoisotopic (exact) mass is 450 g/mol. The number of nitrogens with two attached hydrogens (primary N) is 1. The SMILES string of the molecule is Nc1ccccc1-c1nc(-c2ccccc2)cs1.O=C(CBr)c1ccccc1. The second-order valence-corrected chi connectivity index (χ2v) is 7.33. The summed E-state index contributed by atoms with van der Waals surface area (Å²) in [6.45, 7) is 0. The predicted octanol–water partition coefficient (Wildman–Crippen LogP) is 6.32. The molecule has 4 rings (SSSR count). The highest BCUT2D eigenvalue weighted by Crippen LogP contribution is 2.31. The summed E-state index contributed by atoms with van der Waals surface area (Å²) < 4.78 is 0. The van der Waals surface area contributed by atoms with Gasteiger partial charge in [-0.3, -0.25) is 4.79 Å². The van der Waals surface area contributed by atoms with E-state index in [1.807, 2.05) is 72.8 Å². The number of anilines is 1. The van der Waals surface area contributed by atoms with Crippen LogP contribution in [-0.2, 0) is 0 Å². The molecule has 0 saturated carbocycles. The van der Waals surface area contributed by atoms with Gasteiger partial charge in [0.2, 0.25) is 0 Å². The minimum atomic E-state index is 0.126. The Morgan fingerprint density at radius 1 is 0.893 bits per heavy atom. The smallest absolute Gasteiger partial charge is 0.173 e. The number of nitrogens with zero attached hydrogens (tertiary/aromatic N) is 1. The van der Waals surface area contributed by atoms with E-state index in [0.29, 0.717) is 5.33 Å². The van der Waals surface area contributed by atoms with Crippen molar-refractivity contribution in [3.8, 4) is 21.8 Å². The first-order chi connectivity index (χ1) is 13.7. The van der Waals surface area contributed by atoms with E-state index in [4.69, 9.17) is 5.73 Å². The first-order valence-electron chi connectivity index (χ1n) is 8.69. The molecule has 0 aliphatic heterocycles. The maximum absolute atomic E-state index is 11.0. The number of nitrogen functional groups attached to an aromatic ring is 1. The second kappa shape index (κ2) is 9.97. The molecule has 140 valence electrons. The molecule has 3 nitrogen and oxygen atoms in total. The second-order valence-electron chi connectivity index (χ2n) is 5.91. The summed E-state index contributed by atoms with van der Waals surface area (Å²) in [5.41, 5.74) is 10.6. The highest BCUT2D eigenvalue weighted by Gasteiger charge is 2.08. The Labute approximate surface area is 177 Å². The topological polar surface area (TPSA) is 56.0 Å². The molecule has 1 aromatic heterocycles. The van der Waals surface area contributed by atoms with Crippen molar-refractivity contribution in [3.05, 3.63) is 95.9 Å². The van der Waals surface area contributed by atoms with Crippen molar-refractivity contribution in [1.29, 1.82) is 0 Å². The number of ketones is 1. The lowest BCUT2D eigenvalue weighted by atomic mass is 10.1. The van der Waals surface area contributed by atoms with E-state index in [-0.39, 0.29) is 5.78 Å². The molecule has 0 amide bonds. The molecule has 28 heavy (non-hydrogen) atoms. The molecule has 0 aliphatic carbocycles. The van der Waals surface area contributed by atoms with Gasteiger partial charge in [-0.1, -0.05) is 88.7 Å². The number of Topliss-reactive ketones (excluding diaryl/α,β-unsaturated/α-hetero) is 1. The van der Waals surface area contributed by atoms with E-state index in [1.54, 1.807) is 11.3 Å². The van der Waals surface area contributed by atoms with Gasteiger partial charge in [0.15, 0.2) is 5.78 Å². The van der Waals surface area contributed by atoms with Gasteiger partial charge in [-0.25, -0.2) is 4.98 Å². The first kappa shape index (κ1) is 20.0. The Kier molecular flexibility index (Phi) is 7.12. The van der Waals surface area contributed by atoms with Gasteiger partial charge in [0.25, 0.3) is 0 Å². The van der Waals surface area contributed by atoms with E-state index in [9.17, 15) is 4.79 Å². The lowest BCUT2D eigenvalue weighted by Gasteiger charge is -2.00. The molecule has 0 bridgehead atoms. The number of para-hydroxylation sites is 1. The molecule has 0 spiro atoms. The predicted molar refractivity (Wildman–Crippen MR) is 122 cm³/mol. The van der Waals surface area contributed by atoms with Crippen molar-refractivity contribution in [2.45, 2.75) is 0 Å². The number of halogens is 1. The van der Waals surface area contributed by atoms with Crippen molar-refractivity contribution in [1.82, 2.24) is 4.98 Å². The van der Waals surface area contributed by atoms with Crippen molar-refractivity contribution in [2.24, 2.45) is 0 Å². The van der Waals surface area contributed by atoms with Crippen LogP contribution in [0, 0.1) is 0 Å². The number of hydrogen-bond donors (Lipinski definition) is 1. The van der Waals surface area contributed by atoms with Crippen LogP contribution < -0.4 is 5.73 Å². The van der Waals surface area contributed by atoms with Crippen LogP contribution in [-0.4, -0.2) is 16.1 Å². The number of thiazole rings is 1. The Morgan fingerprint density at radius 2 is 1.50 bits per heavy atom. The fourth-order valence-corrected chi connectivity index (χ4v) is 3.73. The summed E-state index contributed by atoms with van der Waals surface area (Å²) >= 11 is 4.72. The molecule has 0 fully saturated rings. The van der Waals surface area contributed by atoms with Crippen LogP contribution in [0.2, 0.25) is 0 Å². The van der Waals surface area contributed by atoms with Gasteiger partial charge in [0, 0.05) is 27.8 Å². The Morgan fingerprint density at radius 3 is 2.14 bits per heavy atom. The maximum atomic E-state index is 11.0. The Hall–Kier alpha value is -2.76. The first-order valence-corrected chi connectivity index (χ1v) is 10.7. The lowest BCUT2D eigenvalue weighted by molar-refractivity contribution is 0.102. The number of carbonyl (C=O) groups excluding carboxylic acids is 1. The molecule has 0 atom stereocenters. The molecule has 5 heteroatoms. The highest BCUT2D eigenvalue weighted by molar-refractivity contribution is 9.09. The van der Waals surface area contributed by atoms with Crippen LogP contribution in [0.25, 0.3) is 21.8 Å². The quantitative estimate of drug-likeness (QED) is 0.224. The third-order valence-corrected chi connectivity index (χ3v) is 5.37. The summed E-state index contributed by atoms with van der Waals surface area (Å²) in [5.74, 6) is 0.126. The molecule has 0 radical (unpaired) electrons. The minimum absolute atomic E-state index is 0.126. The molecule has 3 aromatic carbocycles. The number of aromatic nitrogens is 1. The largest absolute Gasteiger partial charge is 0.398 e. The molecule has 1 heterocycles. The number of carbonyl (C=O) groups is 1. The van der Waals surface area contributed by atoms with Gasteiger partial charge in [0.1, 0.15) is 5.01 Å². The van der Waals surface area contributed by atoms with Crippen molar-refractivity contribution in [2.75, 3.05) is 11.1 Å². The van der Waals surface area contributed by atoms with Crippen LogP contribution in [0.15, 0.2) is 90.3 Å². The summed E-state index contributed by atoms with van der Waals surface area (Å²) in [4.78, 5) is 15.6. The molecule has 0 saturated heterocycles. The summed E-state index contributed by atoms with van der Waals surface area (Å²) in [6, 6.07) is 27.2. The van der Waals surface area contributed by atoms with E-state index < -0.39 is 0 Å². The van der Waals surface area contributed by atoms with Crippen LogP contribution in [0.4, 0.5) is 5.69 Å². The highest BCUT2D eigenvalue weighted by atomic mass is 79.9. The maximum Gasteiger partial charge on any atom is 0.173 e. The molecule has 4 aromatic rings. The Balaban J connectivity index is 0.000000192. The zero-order chi connectivity index (χ0) is 19.8. The third kappa shape index (κ3) is 5.15. The minimum Gasteiger partial charge on any atom is -0.398 e. The number of alkyl halides is 1. The lowest BCUT2D eigenvalue weighted by Crippen LogP contribution is -1.98. The van der Waals surface area contributed by atoms with Gasteiger partial charge in [-0.2, -0.15) is 0 Å². The Bertz CT molecular complexity index is 1030. The number of benzene rings is 3. The van der Waals surface area contributed by atoms with Gasteiger partial charge in [-0.05, 0) is 12.1 Å². The summed E-state index contributed by atoms with van der Waals surface area (Å²) in [6.07, 6.45) is 0. The molecule has 0 aliphatic rings. The fraction of sp³-hybridized carbons (Fsp3) is 0.0435. The summed E-state index contributed by atoms with van der Waals surface area (Å²) in [7, 11) is 0. The van der Waals surface area contributed by atoms with Crippen LogP contribution in [0.1, 0.15) is 10.4 Å². The van der Waals surface area contributed by atoms with Crippen LogP contribution in [0.3, 0.4) is 0 Å². The normalized spacial score (nSPS) is 10.0. The summed E-state index contributed by atoms with van der Waals surface area (Å²) in [5, 5.41) is 3.43. The zero-order valence-electron chi connectivity index (χ0n) is 15.1. The standard InChI is InChI=1S/C15H12N2S.C8H7BrO/c16-13-9-5-4-8-12(13)15-17-14(10-18-15)11-6-2-1-3-7-11;9-6-8(10)7-4-2-1-3-5-7/h1-10H,16H2;1-5H,6H2. The van der Waals surface area contributed by atoms with Gasteiger partial charge >= 0.3 is 0 Å². The van der Waals surface area contributed by atoms with E-state index in [1.165, 1.54) is 0 Å². The zero-order valence-corrected chi connectivity index (χ0v) is 17.5. The average Bonchev–Trinajstić information content (AvgIpc) is 3.25. The average molecular weight is 451 g/mol. The van der Waals surface area contributed by atoms with E-state index in [2.05, 4.69) is 38.4 Å². The molecular weight excluding hydrogens is 432 g/mol. The van der Waals surface area contributed by atoms with Gasteiger partial charge < -0.3 is 5.73 Å². The fourth-order valence-electron chi connectivity index (χ4n) is 2.53. The third-order valence-electron chi connectivity index (χ3n) is 3.98. The van der Waals surface area contributed by atoms with Gasteiger partial charge in [0.05, 0.1) is 11.0 Å². The van der Waals surface area contributed by atoms with Crippen molar-refractivity contribution in [3.63, 3.8) is 0 Å². The van der Waals surface area contributed by atoms with Crippen molar-refractivity contribution < 1.29 is 4.79 Å². The van der Waals surface area contributed by atoms with E-state index >= 15 is 0 Å². The number of hydrogen-bond acceptors (Lipinski definition) is 4. The van der Waals surface area contributed by atoms with Crippen molar-refractivity contribution >= 4 is 38.7 Å². The molecule has 0 unspecified atom stereocenters. The van der Waals surface area contributed by atoms with Crippen LogP contribution in [0.5, 0.6) is 0 Å². The molecule has 2 N–H and O–H groups in total. The van der Waals surface area contributed by atoms with Gasteiger partial charge in [-0.15, -0.1) is 11.3 Å². The molecular formula is C23H19BrN2OS.